The lowest BCUT2D eigenvalue weighted by Gasteiger charge is -2.36. The summed E-state index contributed by atoms with van der Waals surface area (Å²) < 4.78 is 2.00. The predicted molar refractivity (Wildman–Crippen MR) is 111 cm³/mol. The van der Waals surface area contributed by atoms with Gasteiger partial charge in [0.15, 0.2) is 5.43 Å². The minimum Gasteiger partial charge on any atom is -0.341 e. The fraction of sp³-hybridized carbons (Fsp3) is 0.391. The Kier molecular flexibility index (Phi) is 4.20. The molecule has 144 valence electrons. The van der Waals surface area contributed by atoms with Crippen molar-refractivity contribution in [2.24, 2.45) is 0 Å². The third kappa shape index (κ3) is 2.81. The molecular formula is C23H25N3O2. The molecule has 2 aliphatic heterocycles. The van der Waals surface area contributed by atoms with Crippen molar-refractivity contribution in [3.05, 3.63) is 58.8 Å². The molecule has 0 aliphatic carbocycles. The van der Waals surface area contributed by atoms with Gasteiger partial charge in [-0.3, -0.25) is 9.59 Å². The number of aromatic nitrogens is 1. The molecule has 1 N–H and O–H groups in total. The van der Waals surface area contributed by atoms with Crippen LogP contribution in [0.5, 0.6) is 0 Å². The Morgan fingerprint density at radius 2 is 1.54 bits per heavy atom. The fourth-order valence-corrected chi connectivity index (χ4v) is 5.04. The largest absolute Gasteiger partial charge is 0.341 e. The summed E-state index contributed by atoms with van der Waals surface area (Å²) >= 11 is 0. The average Bonchev–Trinajstić information content (AvgIpc) is 3.07. The summed E-state index contributed by atoms with van der Waals surface area (Å²) in [5, 5.41) is 4.97. The summed E-state index contributed by atoms with van der Waals surface area (Å²) in [6.07, 6.45) is 4.51. The van der Waals surface area contributed by atoms with Crippen molar-refractivity contribution in [2.75, 3.05) is 7.05 Å². The highest BCUT2D eigenvalue weighted by atomic mass is 16.2. The van der Waals surface area contributed by atoms with E-state index in [4.69, 9.17) is 0 Å². The number of rotatable bonds is 3. The van der Waals surface area contributed by atoms with E-state index in [0.29, 0.717) is 28.9 Å². The molecule has 1 aromatic heterocycles. The predicted octanol–water partition coefficient (Wildman–Crippen LogP) is 2.90. The number of piperidine rings is 1. The van der Waals surface area contributed by atoms with Crippen molar-refractivity contribution in [3.63, 3.8) is 0 Å². The van der Waals surface area contributed by atoms with Crippen LogP contribution in [-0.2, 0) is 11.3 Å². The maximum atomic E-state index is 13.2. The Hall–Kier alpha value is -2.66. The van der Waals surface area contributed by atoms with Gasteiger partial charge in [-0.1, -0.05) is 24.3 Å². The molecule has 2 aliphatic rings. The lowest BCUT2D eigenvalue weighted by atomic mass is 9.98. The van der Waals surface area contributed by atoms with Crippen molar-refractivity contribution in [3.8, 4) is 0 Å². The zero-order valence-corrected chi connectivity index (χ0v) is 16.1. The number of hydrogen-bond acceptors (Lipinski definition) is 3. The summed E-state index contributed by atoms with van der Waals surface area (Å²) in [4.78, 5) is 28.0. The Morgan fingerprint density at radius 1 is 1.00 bits per heavy atom. The maximum Gasteiger partial charge on any atom is 0.242 e. The van der Waals surface area contributed by atoms with E-state index in [9.17, 15) is 9.59 Å². The van der Waals surface area contributed by atoms with Crippen molar-refractivity contribution >= 4 is 27.7 Å². The van der Waals surface area contributed by atoms with Gasteiger partial charge in [-0.15, -0.1) is 0 Å². The van der Waals surface area contributed by atoms with E-state index in [1.165, 1.54) is 12.8 Å². The van der Waals surface area contributed by atoms with Crippen molar-refractivity contribution in [1.29, 1.82) is 0 Å². The van der Waals surface area contributed by atoms with Crippen LogP contribution in [-0.4, -0.2) is 40.5 Å². The summed E-state index contributed by atoms with van der Waals surface area (Å²) in [5.74, 6) is 0.102. The summed E-state index contributed by atoms with van der Waals surface area (Å²) in [6, 6.07) is 16.5. The molecule has 5 nitrogen and oxygen atoms in total. The van der Waals surface area contributed by atoms with Crippen LogP contribution in [0.3, 0.4) is 0 Å². The smallest absolute Gasteiger partial charge is 0.242 e. The molecule has 3 aromatic rings. The van der Waals surface area contributed by atoms with Gasteiger partial charge < -0.3 is 14.8 Å². The normalized spacial score (nSPS) is 24.0. The fourth-order valence-electron chi connectivity index (χ4n) is 5.04. The molecule has 3 heterocycles. The second-order valence-electron chi connectivity index (χ2n) is 8.22. The standard InChI is InChI=1S/C23H25N3O2/c1-25(17-12-15-10-11-16(13-17)24-15)22(27)14-26-20-8-4-2-6-18(20)23(28)19-7-3-5-9-21(19)26/h2-9,15-17,24H,10-14H2,1H3. The highest BCUT2D eigenvalue weighted by Gasteiger charge is 2.36. The number of fused-ring (bicyclic) bond motifs is 4. The van der Waals surface area contributed by atoms with Crippen molar-refractivity contribution in [2.45, 2.75) is 50.4 Å². The van der Waals surface area contributed by atoms with Gasteiger partial charge >= 0.3 is 0 Å². The molecule has 2 fully saturated rings. The first-order valence-corrected chi connectivity index (χ1v) is 10.1. The molecule has 5 rings (SSSR count). The van der Waals surface area contributed by atoms with Crippen LogP contribution in [0.2, 0.25) is 0 Å². The van der Waals surface area contributed by atoms with Crippen LogP contribution < -0.4 is 10.7 Å². The number of hydrogen-bond donors (Lipinski definition) is 1. The number of nitrogens with zero attached hydrogens (tertiary/aromatic N) is 2. The zero-order chi connectivity index (χ0) is 19.3. The molecule has 0 spiro atoms. The van der Waals surface area contributed by atoms with E-state index < -0.39 is 0 Å². The number of amides is 1. The Balaban J connectivity index is 1.53. The van der Waals surface area contributed by atoms with Crippen molar-refractivity contribution < 1.29 is 4.79 Å². The minimum absolute atomic E-state index is 0.0261. The second-order valence-corrected chi connectivity index (χ2v) is 8.22. The molecule has 2 bridgehead atoms. The summed E-state index contributed by atoms with van der Waals surface area (Å²) in [6.45, 7) is 0.247. The lowest BCUT2D eigenvalue weighted by molar-refractivity contribution is -0.133. The molecule has 2 unspecified atom stereocenters. The monoisotopic (exact) mass is 375 g/mol. The van der Waals surface area contributed by atoms with Crippen LogP contribution in [0.25, 0.3) is 21.8 Å². The molecular weight excluding hydrogens is 350 g/mol. The number of pyridine rings is 1. The Bertz CT molecular complexity index is 1050. The molecule has 2 saturated heterocycles. The third-order valence-corrected chi connectivity index (χ3v) is 6.56. The van der Waals surface area contributed by atoms with E-state index in [1.54, 1.807) is 0 Å². The van der Waals surface area contributed by atoms with Gasteiger partial charge in [-0.25, -0.2) is 0 Å². The number of carbonyl (C=O) groups excluding carboxylic acids is 1. The highest BCUT2D eigenvalue weighted by molar-refractivity contribution is 5.94. The Labute approximate surface area is 163 Å². The molecule has 0 radical (unpaired) electrons. The van der Waals surface area contributed by atoms with E-state index in [1.807, 2.05) is 65.0 Å². The minimum atomic E-state index is 0.0261. The first-order valence-electron chi connectivity index (χ1n) is 10.1. The summed E-state index contributed by atoms with van der Waals surface area (Å²) in [5.41, 5.74) is 1.66. The summed E-state index contributed by atoms with van der Waals surface area (Å²) in [7, 11) is 1.94. The van der Waals surface area contributed by atoms with Gasteiger partial charge in [0.05, 0.1) is 11.0 Å². The topological polar surface area (TPSA) is 54.3 Å². The first kappa shape index (κ1) is 17.4. The second kappa shape index (κ2) is 6.74. The number of carbonyl (C=O) groups is 1. The first-order chi connectivity index (χ1) is 13.6. The van der Waals surface area contributed by atoms with Gasteiger partial charge in [-0.2, -0.15) is 0 Å². The van der Waals surface area contributed by atoms with Crippen LogP contribution in [0.1, 0.15) is 25.7 Å². The highest BCUT2D eigenvalue weighted by Crippen LogP contribution is 2.29. The molecule has 28 heavy (non-hydrogen) atoms. The van der Waals surface area contributed by atoms with Gasteiger partial charge in [0.2, 0.25) is 5.91 Å². The quantitative estimate of drug-likeness (QED) is 0.716. The van der Waals surface area contributed by atoms with E-state index >= 15 is 0 Å². The van der Waals surface area contributed by atoms with Gasteiger partial charge in [-0.05, 0) is 49.9 Å². The van der Waals surface area contributed by atoms with Crippen molar-refractivity contribution in [1.82, 2.24) is 14.8 Å². The van der Waals surface area contributed by atoms with Crippen LogP contribution in [0, 0.1) is 0 Å². The van der Waals surface area contributed by atoms with Crippen LogP contribution in [0.15, 0.2) is 53.3 Å². The molecule has 2 atom stereocenters. The molecule has 1 amide bonds. The molecule has 0 saturated carbocycles. The van der Waals surface area contributed by atoms with Crippen LogP contribution in [0.4, 0.5) is 0 Å². The number of benzene rings is 2. The van der Waals surface area contributed by atoms with E-state index in [2.05, 4.69) is 5.32 Å². The zero-order valence-electron chi connectivity index (χ0n) is 16.1. The molecule has 5 heteroatoms. The lowest BCUT2D eigenvalue weighted by Crippen LogP contribution is -2.49. The average molecular weight is 375 g/mol. The van der Waals surface area contributed by atoms with E-state index in [0.717, 1.165) is 23.9 Å². The van der Waals surface area contributed by atoms with E-state index in [-0.39, 0.29) is 17.9 Å². The SMILES string of the molecule is CN(C(=O)Cn1c2ccccc2c(=O)c2ccccc21)C1CC2CCC(C1)N2. The maximum absolute atomic E-state index is 13.2. The third-order valence-electron chi connectivity index (χ3n) is 6.56. The van der Waals surface area contributed by atoms with Gasteiger partial charge in [0, 0.05) is 35.9 Å². The van der Waals surface area contributed by atoms with Gasteiger partial charge in [0.25, 0.3) is 0 Å². The molecule has 2 aromatic carbocycles. The number of likely N-dealkylation sites (N-methyl/N-ethyl adjacent to an activating group) is 1. The van der Waals surface area contributed by atoms with Gasteiger partial charge in [0.1, 0.15) is 6.54 Å². The number of para-hydroxylation sites is 2. The van der Waals surface area contributed by atoms with Crippen LogP contribution >= 0.6 is 0 Å². The Morgan fingerprint density at radius 3 is 2.11 bits per heavy atom. The number of nitrogens with one attached hydrogen (secondary N) is 1.